The molecule has 25 heavy (non-hydrogen) atoms. The summed E-state index contributed by atoms with van der Waals surface area (Å²) in [5.41, 5.74) is 3.87. The van der Waals surface area contributed by atoms with Crippen molar-refractivity contribution in [1.82, 2.24) is 15.2 Å². The number of fused-ring (bicyclic) bond motifs is 2. The van der Waals surface area contributed by atoms with Gasteiger partial charge in [0.15, 0.2) is 0 Å². The molecule has 1 aromatic heterocycles. The van der Waals surface area contributed by atoms with Gasteiger partial charge in [-0.05, 0) is 49.8 Å². The number of nitrogens with one attached hydrogen (secondary N) is 1. The van der Waals surface area contributed by atoms with Crippen LogP contribution < -0.4 is 5.32 Å². The molecule has 1 fully saturated rings. The van der Waals surface area contributed by atoms with E-state index in [1.807, 2.05) is 23.1 Å². The molecule has 1 atom stereocenters. The molecule has 4 rings (SSSR count). The molecule has 4 nitrogen and oxygen atoms in total. The van der Waals surface area contributed by atoms with Gasteiger partial charge in [0.05, 0.1) is 10.5 Å². The van der Waals surface area contributed by atoms with Crippen LogP contribution in [0.4, 0.5) is 0 Å². The van der Waals surface area contributed by atoms with E-state index in [2.05, 4.69) is 12.2 Å². The van der Waals surface area contributed by atoms with Crippen LogP contribution >= 0.6 is 11.6 Å². The van der Waals surface area contributed by atoms with Crippen molar-refractivity contribution in [3.05, 3.63) is 40.0 Å². The van der Waals surface area contributed by atoms with Gasteiger partial charge in [0.1, 0.15) is 0 Å². The molecule has 2 heterocycles. The zero-order valence-corrected chi connectivity index (χ0v) is 15.4. The summed E-state index contributed by atoms with van der Waals surface area (Å²) in [6.07, 6.45) is 5.37. The van der Waals surface area contributed by atoms with Gasteiger partial charge in [-0.15, -0.1) is 0 Å². The second-order valence-electron chi connectivity index (χ2n) is 7.10. The number of pyridine rings is 1. The smallest absolute Gasteiger partial charge is 0.254 e. The second-order valence-corrected chi connectivity index (χ2v) is 7.48. The summed E-state index contributed by atoms with van der Waals surface area (Å²) in [6, 6.07) is 6.17. The largest absolute Gasteiger partial charge is 0.336 e. The van der Waals surface area contributed by atoms with Gasteiger partial charge in [-0.2, -0.15) is 0 Å². The predicted molar refractivity (Wildman–Crippen MR) is 101 cm³/mol. The van der Waals surface area contributed by atoms with Crippen LogP contribution in [-0.4, -0.2) is 41.5 Å². The average molecular weight is 358 g/mol. The Morgan fingerprint density at radius 1 is 1.36 bits per heavy atom. The summed E-state index contributed by atoms with van der Waals surface area (Å²) in [4.78, 5) is 19.7. The Bertz CT molecular complexity index is 820. The average Bonchev–Trinajstić information content (AvgIpc) is 2.67. The number of carbonyl (C=O) groups is 1. The van der Waals surface area contributed by atoms with Gasteiger partial charge >= 0.3 is 0 Å². The van der Waals surface area contributed by atoms with Crippen LogP contribution in [0.5, 0.6) is 0 Å². The lowest BCUT2D eigenvalue weighted by molar-refractivity contribution is 0.0701. The van der Waals surface area contributed by atoms with Crippen molar-refractivity contribution in [3.63, 3.8) is 0 Å². The maximum absolute atomic E-state index is 12.9. The van der Waals surface area contributed by atoms with Crippen molar-refractivity contribution in [1.29, 1.82) is 0 Å². The zero-order valence-electron chi connectivity index (χ0n) is 14.6. The van der Waals surface area contributed by atoms with Crippen LogP contribution in [0.15, 0.2) is 18.2 Å². The van der Waals surface area contributed by atoms with Crippen LogP contribution in [0.1, 0.15) is 47.8 Å². The SMILES string of the molecule is CCC1CN(C(=O)c2ccc3c(Cl)c4c(nc3c2)CCCC4)CCN1. The number of piperazine rings is 1. The Balaban J connectivity index is 1.68. The number of aryl methyl sites for hydroxylation is 1. The summed E-state index contributed by atoms with van der Waals surface area (Å²) in [5, 5.41) is 5.24. The van der Waals surface area contributed by atoms with Gasteiger partial charge in [-0.1, -0.05) is 24.6 Å². The third-order valence-electron chi connectivity index (χ3n) is 5.48. The van der Waals surface area contributed by atoms with E-state index >= 15 is 0 Å². The minimum atomic E-state index is 0.0949. The number of halogens is 1. The third-order valence-corrected chi connectivity index (χ3v) is 5.91. The fourth-order valence-corrected chi connectivity index (χ4v) is 4.33. The van der Waals surface area contributed by atoms with E-state index in [1.54, 1.807) is 0 Å². The molecule has 1 amide bonds. The van der Waals surface area contributed by atoms with Crippen molar-refractivity contribution in [3.8, 4) is 0 Å². The van der Waals surface area contributed by atoms with Crippen molar-refractivity contribution < 1.29 is 4.79 Å². The van der Waals surface area contributed by atoms with Crippen LogP contribution in [0.3, 0.4) is 0 Å². The first kappa shape index (κ1) is 16.8. The number of benzene rings is 1. The number of amides is 1. The Kier molecular flexibility index (Phi) is 4.65. The Hall–Kier alpha value is -1.65. The van der Waals surface area contributed by atoms with Gasteiger partial charge < -0.3 is 10.2 Å². The lowest BCUT2D eigenvalue weighted by Gasteiger charge is -2.33. The fourth-order valence-electron chi connectivity index (χ4n) is 3.97. The minimum Gasteiger partial charge on any atom is -0.336 e. The Labute approximate surface area is 153 Å². The first-order chi connectivity index (χ1) is 12.2. The standard InChI is InChI=1S/C20H24ClN3O/c1-2-14-12-24(10-9-22-14)20(25)13-7-8-16-18(11-13)23-17-6-4-3-5-15(17)19(16)21/h7-8,11,14,22H,2-6,9-10,12H2,1H3. The molecule has 1 unspecified atom stereocenters. The molecule has 1 aromatic carbocycles. The van der Waals surface area contributed by atoms with Crippen LogP contribution in [-0.2, 0) is 12.8 Å². The molecule has 0 saturated carbocycles. The third kappa shape index (κ3) is 3.13. The number of carbonyl (C=O) groups excluding carboxylic acids is 1. The summed E-state index contributed by atoms with van der Waals surface area (Å²) >= 11 is 6.63. The van der Waals surface area contributed by atoms with Crippen molar-refractivity contribution in [2.45, 2.75) is 45.1 Å². The van der Waals surface area contributed by atoms with Crippen molar-refractivity contribution >= 4 is 28.4 Å². The van der Waals surface area contributed by atoms with E-state index < -0.39 is 0 Å². The highest BCUT2D eigenvalue weighted by molar-refractivity contribution is 6.36. The van der Waals surface area contributed by atoms with Gasteiger partial charge in [0, 0.05) is 42.3 Å². The maximum atomic E-state index is 12.9. The van der Waals surface area contributed by atoms with Crippen LogP contribution in [0.25, 0.3) is 10.9 Å². The number of hydrogen-bond acceptors (Lipinski definition) is 3. The molecule has 2 aromatic rings. The monoisotopic (exact) mass is 357 g/mol. The maximum Gasteiger partial charge on any atom is 0.254 e. The predicted octanol–water partition coefficient (Wildman–Crippen LogP) is 3.59. The first-order valence-electron chi connectivity index (χ1n) is 9.31. The van der Waals surface area contributed by atoms with E-state index in [1.165, 1.54) is 18.4 Å². The summed E-state index contributed by atoms with van der Waals surface area (Å²) in [6.45, 7) is 4.53. The highest BCUT2D eigenvalue weighted by Gasteiger charge is 2.24. The summed E-state index contributed by atoms with van der Waals surface area (Å²) in [5.74, 6) is 0.0949. The molecule has 1 N–H and O–H groups in total. The van der Waals surface area contributed by atoms with Crippen molar-refractivity contribution in [2.24, 2.45) is 0 Å². The first-order valence-corrected chi connectivity index (χ1v) is 9.69. The van der Waals surface area contributed by atoms with Gasteiger partial charge in [0.2, 0.25) is 0 Å². The van der Waals surface area contributed by atoms with E-state index in [-0.39, 0.29) is 5.91 Å². The number of aromatic nitrogens is 1. The van der Waals surface area contributed by atoms with Gasteiger partial charge in [0.25, 0.3) is 5.91 Å². The molecular formula is C20H24ClN3O. The summed E-state index contributed by atoms with van der Waals surface area (Å²) in [7, 11) is 0. The zero-order chi connectivity index (χ0) is 17.4. The number of rotatable bonds is 2. The molecule has 5 heteroatoms. The molecule has 1 aliphatic carbocycles. The molecule has 1 saturated heterocycles. The van der Waals surface area contributed by atoms with E-state index in [0.29, 0.717) is 11.6 Å². The molecule has 132 valence electrons. The Morgan fingerprint density at radius 3 is 3.04 bits per heavy atom. The lowest BCUT2D eigenvalue weighted by Crippen LogP contribution is -2.52. The van der Waals surface area contributed by atoms with E-state index in [0.717, 1.165) is 60.5 Å². The van der Waals surface area contributed by atoms with Gasteiger partial charge in [-0.3, -0.25) is 9.78 Å². The molecule has 2 aliphatic rings. The summed E-state index contributed by atoms with van der Waals surface area (Å²) < 4.78 is 0. The minimum absolute atomic E-state index is 0.0949. The normalized spacial score (nSPS) is 20.6. The highest BCUT2D eigenvalue weighted by Crippen LogP contribution is 2.33. The molecule has 1 aliphatic heterocycles. The molecule has 0 spiro atoms. The highest BCUT2D eigenvalue weighted by atomic mass is 35.5. The van der Waals surface area contributed by atoms with Crippen molar-refractivity contribution in [2.75, 3.05) is 19.6 Å². The quantitative estimate of drug-likeness (QED) is 0.893. The van der Waals surface area contributed by atoms with Crippen LogP contribution in [0, 0.1) is 0 Å². The molecule has 0 radical (unpaired) electrons. The van der Waals surface area contributed by atoms with E-state index in [9.17, 15) is 4.79 Å². The molecule has 0 bridgehead atoms. The van der Waals surface area contributed by atoms with Gasteiger partial charge in [-0.25, -0.2) is 0 Å². The lowest BCUT2D eigenvalue weighted by atomic mass is 9.94. The fraction of sp³-hybridized carbons (Fsp3) is 0.500. The van der Waals surface area contributed by atoms with Crippen LogP contribution in [0.2, 0.25) is 5.02 Å². The topological polar surface area (TPSA) is 45.2 Å². The molecular weight excluding hydrogens is 334 g/mol. The number of nitrogens with zero attached hydrogens (tertiary/aromatic N) is 2. The number of hydrogen-bond donors (Lipinski definition) is 1. The Morgan fingerprint density at radius 2 is 2.20 bits per heavy atom. The second kappa shape index (κ2) is 6.93. The van der Waals surface area contributed by atoms with E-state index in [4.69, 9.17) is 16.6 Å².